The lowest BCUT2D eigenvalue weighted by atomic mass is 9.99. The zero-order valence-electron chi connectivity index (χ0n) is 85.9. The van der Waals surface area contributed by atoms with Crippen LogP contribution in [0, 0.1) is 23.7 Å². The molecule has 0 spiro atoms. The first-order chi connectivity index (χ1) is 70.8. The molecule has 18 atom stereocenters. The Morgan fingerprint density at radius 1 is 0.367 bits per heavy atom. The molecule has 150 heavy (non-hydrogen) atoms. The second-order valence-electron chi connectivity index (χ2n) is 38.1. The molecule has 0 radical (unpaired) electrons. The van der Waals surface area contributed by atoms with Gasteiger partial charge in [-0.2, -0.15) is 37.0 Å². The predicted molar refractivity (Wildman–Crippen MR) is 560 cm³/mol. The molecule has 834 valence electrons. The summed E-state index contributed by atoms with van der Waals surface area (Å²) in [4.78, 5) is 310. The number of fused-ring (bicyclic) bond motifs is 2. The lowest BCUT2D eigenvalue weighted by Crippen LogP contribution is -2.62. The van der Waals surface area contributed by atoms with Crippen molar-refractivity contribution in [1.29, 1.82) is 0 Å². The highest BCUT2D eigenvalue weighted by Gasteiger charge is 2.42. The number of rotatable bonds is 72. The van der Waals surface area contributed by atoms with Crippen LogP contribution in [0.1, 0.15) is 183 Å². The van der Waals surface area contributed by atoms with Crippen molar-refractivity contribution in [2.45, 2.75) is 293 Å². The van der Waals surface area contributed by atoms with Gasteiger partial charge in [-0.15, -0.1) is 0 Å². The number of carbonyl (C=O) groups is 22. The number of nitrogens with two attached hydrogens (primary N) is 6. The van der Waals surface area contributed by atoms with E-state index >= 15 is 9.59 Å². The number of aromatic nitrogens is 2. The van der Waals surface area contributed by atoms with E-state index in [-0.39, 0.29) is 101 Å². The number of aromatic amines is 2. The van der Waals surface area contributed by atoms with Crippen LogP contribution in [0.25, 0.3) is 21.8 Å². The molecule has 0 aliphatic carbocycles. The molecule has 2 aromatic carbocycles. The maximum absolute atomic E-state index is 15.1. The first-order valence-electron chi connectivity index (χ1n) is 49.5. The van der Waals surface area contributed by atoms with Gasteiger partial charge in [0.2, 0.25) is 118 Å². The fraction of sp³-hybridized carbons (Fsp3) is 0.604. The molecule has 4 aromatic rings. The van der Waals surface area contributed by atoms with E-state index in [9.17, 15) is 116 Å². The van der Waals surface area contributed by atoms with Gasteiger partial charge in [-0.3, -0.25) is 101 Å². The number of carboxylic acids is 2. The number of thioether (sulfide) groups is 1. The van der Waals surface area contributed by atoms with Gasteiger partial charge in [-0.25, -0.2) is 4.79 Å². The van der Waals surface area contributed by atoms with Crippen LogP contribution in [0.4, 0.5) is 0 Å². The smallest absolute Gasteiger partial charge is 0.326 e. The predicted octanol–water partition coefficient (Wildman–Crippen LogP) is -5.97. The zero-order valence-corrected chi connectivity index (χ0v) is 88.5. The van der Waals surface area contributed by atoms with Crippen molar-refractivity contribution in [2.75, 3.05) is 49.8 Å². The SMILES string of the molecule is CSCC[C@H](NC(=O)[C@H](CS)NC(=O)[C@H](CCC(N)=O)NC(=O)[C@H](CO)NC(=O)[C@@H](N)C(C)C)C(=O)N[C@@H](CCCCN)C(=O)N[C@@H](Cc1c[nH]c2ccccc12)C(=O)N[C@@H](CC(=O)O)C(=O)N[C@@H](CC(C)C)C(=O)N[C@@H](CC(C)C)C(=O)N[C@H](C(=O)N[C@@H](CCCCN)C(=O)N[C@@H](CCC(N)=O)C(=O)N[C@@H](CS)C(=O)N[C@@H](CC(C)C)C(=O)N[C@@H](CCC(N)=O)C(=O)NCC(=O)N[C@@H](Cc1c[nH]c2ccccc12)C(=O)O)[C@@H](C)O. The van der Waals surface area contributed by atoms with E-state index in [4.69, 9.17) is 34.4 Å². The number of unbranched alkanes of at least 4 members (excludes halogenated alkanes) is 2. The molecule has 0 saturated heterocycles. The van der Waals surface area contributed by atoms with E-state index in [2.05, 4.69) is 126 Å². The number of aliphatic hydroxyl groups is 2. The number of nitrogens with one attached hydrogen (secondary N) is 19. The Bertz CT molecular complexity index is 5260. The van der Waals surface area contributed by atoms with E-state index in [0.717, 1.165) is 12.4 Å². The van der Waals surface area contributed by atoms with Crippen LogP contribution in [-0.2, 0) is 118 Å². The summed E-state index contributed by atoms with van der Waals surface area (Å²) < 4.78 is 0. The molecule has 0 unspecified atom stereocenters. The number of hydrogen-bond donors (Lipinski definition) is 31. The summed E-state index contributed by atoms with van der Waals surface area (Å²) in [6.07, 6.45) is -1.76. The molecule has 35 N–H and O–H groups in total. The van der Waals surface area contributed by atoms with Crippen molar-refractivity contribution in [3.63, 3.8) is 0 Å². The normalized spacial score (nSPS) is 15.0. The molecule has 2 heterocycles. The first-order valence-corrected chi connectivity index (χ1v) is 52.1. The molecule has 4 rings (SSSR count). The quantitative estimate of drug-likeness (QED) is 0.0145. The van der Waals surface area contributed by atoms with E-state index in [1.807, 2.05) is 0 Å². The van der Waals surface area contributed by atoms with E-state index in [1.165, 1.54) is 18.0 Å². The minimum atomic E-state index is -2.05. The number of para-hydroxylation sites is 2. The monoisotopic (exact) mass is 2170 g/mol. The summed E-state index contributed by atoms with van der Waals surface area (Å²) in [5.41, 5.74) is 36.3. The molecule has 54 heteroatoms. The number of primary amides is 3. The molecule has 0 fully saturated rings. The highest BCUT2D eigenvalue weighted by molar-refractivity contribution is 7.98. The van der Waals surface area contributed by atoms with Gasteiger partial charge < -0.3 is 155 Å². The molecule has 0 aliphatic rings. The van der Waals surface area contributed by atoms with Gasteiger partial charge in [0.15, 0.2) is 0 Å². The Balaban J connectivity index is 1.60. The van der Waals surface area contributed by atoms with Crippen molar-refractivity contribution < 1.29 is 126 Å². The molecule has 20 amide bonds. The number of carboxylic acid groups (broad SMARTS) is 2. The minimum Gasteiger partial charge on any atom is -0.481 e. The lowest BCUT2D eigenvalue weighted by molar-refractivity contribution is -0.142. The Labute approximate surface area is 883 Å². The number of aliphatic hydroxyl groups excluding tert-OH is 2. The number of hydrogen-bond acceptors (Lipinski definition) is 30. The van der Waals surface area contributed by atoms with Crippen LogP contribution in [0.3, 0.4) is 0 Å². The molecular weight excluding hydrogens is 2020 g/mol. The van der Waals surface area contributed by atoms with Gasteiger partial charge in [0.25, 0.3) is 0 Å². The van der Waals surface area contributed by atoms with Crippen LogP contribution in [0.5, 0.6) is 0 Å². The Morgan fingerprint density at radius 3 is 1.04 bits per heavy atom. The third-order valence-corrected chi connectivity index (χ3v) is 25.2. The second kappa shape index (κ2) is 66.3. The molecule has 2 aromatic heterocycles. The van der Waals surface area contributed by atoms with Crippen molar-refractivity contribution in [2.24, 2.45) is 58.1 Å². The Morgan fingerprint density at radius 2 is 0.680 bits per heavy atom. The summed E-state index contributed by atoms with van der Waals surface area (Å²) in [6, 6.07) is -13.7. The number of benzene rings is 2. The van der Waals surface area contributed by atoms with Gasteiger partial charge in [0, 0.05) is 77.8 Å². The van der Waals surface area contributed by atoms with Crippen molar-refractivity contribution in [3.8, 4) is 0 Å². The number of thiol groups is 2. The first kappa shape index (κ1) is 129. The molecular formula is C96H151N25O26S3. The lowest BCUT2D eigenvalue weighted by Gasteiger charge is -2.30. The van der Waals surface area contributed by atoms with E-state index < -0.39 is 320 Å². The largest absolute Gasteiger partial charge is 0.481 e. The van der Waals surface area contributed by atoms with Gasteiger partial charge in [-0.05, 0) is 162 Å². The van der Waals surface area contributed by atoms with Crippen LogP contribution in [0.15, 0.2) is 60.9 Å². The maximum Gasteiger partial charge on any atom is 0.326 e. The maximum atomic E-state index is 15.1. The van der Waals surface area contributed by atoms with Crippen molar-refractivity contribution >= 4 is 189 Å². The minimum absolute atomic E-state index is 0.0747. The van der Waals surface area contributed by atoms with Crippen LogP contribution in [0.2, 0.25) is 0 Å². The van der Waals surface area contributed by atoms with Gasteiger partial charge in [-0.1, -0.05) is 91.8 Å². The number of aliphatic carboxylic acids is 2. The number of H-pyrrole nitrogens is 2. The number of amides is 20. The van der Waals surface area contributed by atoms with Crippen molar-refractivity contribution in [3.05, 3.63) is 72.1 Å². The fourth-order valence-corrected chi connectivity index (χ4v) is 16.5. The third kappa shape index (κ3) is 45.2. The van der Waals surface area contributed by atoms with E-state index in [0.29, 0.717) is 33.8 Å². The van der Waals surface area contributed by atoms with E-state index in [1.54, 1.807) is 116 Å². The average molecular weight is 2170 g/mol. The average Bonchev–Trinajstić information content (AvgIpc) is 1.67. The van der Waals surface area contributed by atoms with Crippen LogP contribution >= 0.6 is 37.0 Å². The topological polar surface area (TPSA) is 849 Å². The van der Waals surface area contributed by atoms with Crippen molar-refractivity contribution in [1.82, 2.24) is 100 Å². The summed E-state index contributed by atoms with van der Waals surface area (Å²) in [6.45, 7) is 12.8. The Kier molecular flexibility index (Phi) is 57.0. The highest BCUT2D eigenvalue weighted by atomic mass is 32.2. The van der Waals surface area contributed by atoms with Crippen LogP contribution in [-0.4, -0.2) is 319 Å². The second-order valence-corrected chi connectivity index (χ2v) is 39.8. The van der Waals surface area contributed by atoms with Gasteiger partial charge in [0.1, 0.15) is 96.7 Å². The van der Waals surface area contributed by atoms with Crippen LogP contribution < -0.4 is 125 Å². The fourth-order valence-electron chi connectivity index (χ4n) is 15.5. The molecule has 51 nitrogen and oxygen atoms in total. The molecule has 0 saturated carbocycles. The summed E-state index contributed by atoms with van der Waals surface area (Å²) in [5, 5.41) is 85.0. The Hall–Kier alpha value is -13.3. The summed E-state index contributed by atoms with van der Waals surface area (Å²) in [5.74, 6) is -26.1. The zero-order chi connectivity index (χ0) is 112. The summed E-state index contributed by atoms with van der Waals surface area (Å²) >= 11 is 9.81. The van der Waals surface area contributed by atoms with Gasteiger partial charge >= 0.3 is 11.9 Å². The highest BCUT2D eigenvalue weighted by Crippen LogP contribution is 2.24. The third-order valence-electron chi connectivity index (χ3n) is 23.8. The van der Waals surface area contributed by atoms with Gasteiger partial charge in [0.05, 0.1) is 31.7 Å². The number of carbonyl (C=O) groups excluding carboxylic acids is 20. The summed E-state index contributed by atoms with van der Waals surface area (Å²) in [7, 11) is 0. The standard InChI is InChI=1S/C96H151N25O26S3/c1-47(2)35-64(86(136)108-60(25-28-73(99)124)80(130)105-43-76(127)106-69(96(146)147)39-53-42-104-57-22-14-12-20-55(53)57)115-93(143)72(46-149)120-83(133)61(26-29-74(100)125)109-81(131)59(24-16-18-33-98)112-95(145)79(51(9)123)121-90(140)66(37-49(5)6)114-87(137)65(36-48(3)4)113-89(139)68(40-77(128)129)117-88(138)67(38-52-41-103-56-21-13-11-19-54(52)56)116-82(132)58(23-15-17-32-97)107-85(135)63(31-34-150-10)111-92(142)71(45-148)119-84(134)62(27-30-75(101)126)110-91(141)70(44-122)118-94(144)78(102)50(7)8/h11-14,19-22,41-42,47-51,58-72,78-79,103-104,122-123,148-149H,15-18,23-40,43-46,97-98,102H2,1-10H3,(H2,99,124)(H2,100,125)(H2,101,126)(H,105,130)(H,106,127)(H,107,135)(H,108,136)(H,109,131)(H,110,141)(H,111,142)(H,112,145)(H,113,139)(H,114,137)(H,115,143)(H,116,132)(H,117,138)(H,118,144)(H,119,134)(H,120,133)(H,121,140)(H,128,129)(H,146,147)/t51-,58+,59+,60+,61+,62+,63+,64+,65+,66+,67+,68+,69+,70+,71+,72+,78+,79+/m1/s1. The molecule has 0 aliphatic heterocycles. The molecule has 0 bridgehead atoms.